The van der Waals surface area contributed by atoms with Crippen molar-refractivity contribution in [3.05, 3.63) is 65.0 Å². The van der Waals surface area contributed by atoms with E-state index in [0.29, 0.717) is 17.2 Å². The standard InChI is InChI=1S/C18H12F3N5O2S/c1-10-7-8-13(28-10)14-12(9-26(25-14)11-5-3-2-4-6-11)15(27)22-17-24-23-16(29-17)18(19,20)21/h2-9H,1H3,(H,22,24,27). The van der Waals surface area contributed by atoms with Gasteiger partial charge in [0.1, 0.15) is 11.5 Å². The molecule has 3 heterocycles. The zero-order chi connectivity index (χ0) is 20.6. The molecule has 0 spiro atoms. The lowest BCUT2D eigenvalue weighted by atomic mass is 10.2. The van der Waals surface area contributed by atoms with Crippen molar-refractivity contribution in [3.8, 4) is 17.1 Å². The van der Waals surface area contributed by atoms with E-state index in [1.54, 1.807) is 31.2 Å². The number of hydrogen-bond acceptors (Lipinski definition) is 6. The molecule has 0 bridgehead atoms. The summed E-state index contributed by atoms with van der Waals surface area (Å²) < 4.78 is 45.2. The summed E-state index contributed by atoms with van der Waals surface area (Å²) in [6.45, 7) is 1.75. The fourth-order valence-electron chi connectivity index (χ4n) is 2.55. The summed E-state index contributed by atoms with van der Waals surface area (Å²) >= 11 is 0.242. The third kappa shape index (κ3) is 3.90. The molecule has 0 aliphatic rings. The molecule has 0 aliphatic carbocycles. The fraction of sp³-hybridized carbons (Fsp3) is 0.111. The second kappa shape index (κ2) is 7.17. The van der Waals surface area contributed by atoms with Gasteiger partial charge >= 0.3 is 6.18 Å². The molecule has 0 atom stereocenters. The van der Waals surface area contributed by atoms with E-state index in [1.165, 1.54) is 10.9 Å². The summed E-state index contributed by atoms with van der Waals surface area (Å²) in [6, 6.07) is 12.4. The van der Waals surface area contributed by atoms with Crippen LogP contribution in [-0.4, -0.2) is 25.9 Å². The molecule has 0 saturated carbocycles. The van der Waals surface area contributed by atoms with Crippen LogP contribution in [0.2, 0.25) is 0 Å². The second-order valence-electron chi connectivity index (χ2n) is 5.95. The predicted octanol–water partition coefficient (Wildman–Crippen LogP) is 4.56. The number of alkyl halides is 3. The van der Waals surface area contributed by atoms with E-state index in [-0.39, 0.29) is 27.7 Å². The summed E-state index contributed by atoms with van der Waals surface area (Å²) in [7, 11) is 0. The van der Waals surface area contributed by atoms with Gasteiger partial charge in [-0.3, -0.25) is 10.1 Å². The number of carbonyl (C=O) groups excluding carboxylic acids is 1. The third-order valence-electron chi connectivity index (χ3n) is 3.84. The number of aryl methyl sites for hydroxylation is 1. The van der Waals surface area contributed by atoms with Gasteiger partial charge in [-0.15, -0.1) is 10.2 Å². The van der Waals surface area contributed by atoms with Gasteiger partial charge in [0.15, 0.2) is 5.76 Å². The Morgan fingerprint density at radius 1 is 1.14 bits per heavy atom. The average Bonchev–Trinajstić information content (AvgIpc) is 3.40. The number of nitrogens with zero attached hydrogens (tertiary/aromatic N) is 4. The lowest BCUT2D eigenvalue weighted by Gasteiger charge is -2.00. The van der Waals surface area contributed by atoms with Crippen molar-refractivity contribution in [1.29, 1.82) is 0 Å². The third-order valence-corrected chi connectivity index (χ3v) is 4.72. The second-order valence-corrected chi connectivity index (χ2v) is 6.92. The molecule has 0 unspecified atom stereocenters. The summed E-state index contributed by atoms with van der Waals surface area (Å²) in [4.78, 5) is 12.8. The maximum atomic E-state index is 12.8. The van der Waals surface area contributed by atoms with Crippen molar-refractivity contribution < 1.29 is 22.4 Å². The van der Waals surface area contributed by atoms with E-state index in [2.05, 4.69) is 20.6 Å². The van der Waals surface area contributed by atoms with E-state index in [4.69, 9.17) is 4.42 Å². The maximum absolute atomic E-state index is 12.8. The first-order valence-electron chi connectivity index (χ1n) is 8.25. The van der Waals surface area contributed by atoms with Gasteiger partial charge in [-0.05, 0) is 31.2 Å². The molecule has 0 radical (unpaired) electrons. The van der Waals surface area contributed by atoms with Gasteiger partial charge in [-0.25, -0.2) is 4.68 Å². The Labute approximate surface area is 165 Å². The topological polar surface area (TPSA) is 85.8 Å². The van der Waals surface area contributed by atoms with Crippen molar-refractivity contribution in [2.45, 2.75) is 13.1 Å². The van der Waals surface area contributed by atoms with Crippen LogP contribution in [0.5, 0.6) is 0 Å². The van der Waals surface area contributed by atoms with E-state index < -0.39 is 17.1 Å². The van der Waals surface area contributed by atoms with Gasteiger partial charge < -0.3 is 4.42 Å². The Balaban J connectivity index is 1.70. The van der Waals surface area contributed by atoms with Gasteiger partial charge in [0.2, 0.25) is 10.1 Å². The Kier molecular flexibility index (Phi) is 4.66. The highest BCUT2D eigenvalue weighted by Gasteiger charge is 2.36. The molecule has 0 aliphatic heterocycles. The van der Waals surface area contributed by atoms with Crippen LogP contribution in [0, 0.1) is 6.92 Å². The Bertz CT molecular complexity index is 1160. The summed E-state index contributed by atoms with van der Waals surface area (Å²) in [6.07, 6.45) is -3.15. The molecule has 11 heteroatoms. The number of benzene rings is 1. The van der Waals surface area contributed by atoms with Crippen LogP contribution < -0.4 is 5.32 Å². The molecule has 1 amide bonds. The number of para-hydroxylation sites is 1. The number of hydrogen-bond donors (Lipinski definition) is 1. The summed E-state index contributed by atoms with van der Waals surface area (Å²) in [5, 5.41) is 11.8. The average molecular weight is 419 g/mol. The smallest absolute Gasteiger partial charge is 0.445 e. The number of halogens is 3. The van der Waals surface area contributed by atoms with E-state index in [9.17, 15) is 18.0 Å². The van der Waals surface area contributed by atoms with Gasteiger partial charge in [-0.1, -0.05) is 29.5 Å². The highest BCUT2D eigenvalue weighted by molar-refractivity contribution is 7.15. The summed E-state index contributed by atoms with van der Waals surface area (Å²) in [5.74, 6) is 0.302. The van der Waals surface area contributed by atoms with Crippen molar-refractivity contribution in [1.82, 2.24) is 20.0 Å². The molecule has 148 valence electrons. The molecule has 4 rings (SSSR count). The van der Waals surface area contributed by atoms with E-state index in [1.807, 2.05) is 18.2 Å². The minimum atomic E-state index is -4.63. The van der Waals surface area contributed by atoms with Crippen LogP contribution in [0.15, 0.2) is 53.1 Å². The Morgan fingerprint density at radius 3 is 2.52 bits per heavy atom. The molecule has 4 aromatic rings. The van der Waals surface area contributed by atoms with Crippen LogP contribution in [0.25, 0.3) is 17.1 Å². The quantitative estimate of drug-likeness (QED) is 0.524. The van der Waals surface area contributed by atoms with Gasteiger partial charge in [0, 0.05) is 6.20 Å². The zero-order valence-corrected chi connectivity index (χ0v) is 15.6. The van der Waals surface area contributed by atoms with Crippen LogP contribution in [-0.2, 0) is 6.18 Å². The molecule has 0 fully saturated rings. The molecule has 0 saturated heterocycles. The molecule has 3 aromatic heterocycles. The van der Waals surface area contributed by atoms with Crippen LogP contribution in [0.4, 0.5) is 18.3 Å². The monoisotopic (exact) mass is 419 g/mol. The molecular weight excluding hydrogens is 407 g/mol. The van der Waals surface area contributed by atoms with Gasteiger partial charge in [0.05, 0.1) is 11.3 Å². The zero-order valence-electron chi connectivity index (χ0n) is 14.8. The van der Waals surface area contributed by atoms with E-state index >= 15 is 0 Å². The van der Waals surface area contributed by atoms with Crippen molar-refractivity contribution >= 4 is 22.4 Å². The number of aromatic nitrogens is 4. The van der Waals surface area contributed by atoms with Crippen LogP contribution in [0.3, 0.4) is 0 Å². The normalized spacial score (nSPS) is 11.6. The first-order valence-corrected chi connectivity index (χ1v) is 9.07. The van der Waals surface area contributed by atoms with Crippen molar-refractivity contribution in [3.63, 3.8) is 0 Å². The highest BCUT2D eigenvalue weighted by Crippen LogP contribution is 2.33. The van der Waals surface area contributed by atoms with Crippen molar-refractivity contribution in [2.75, 3.05) is 5.32 Å². The SMILES string of the molecule is Cc1ccc(-c2nn(-c3ccccc3)cc2C(=O)Nc2nnc(C(F)(F)F)s2)o1. The van der Waals surface area contributed by atoms with Crippen molar-refractivity contribution in [2.24, 2.45) is 0 Å². The molecule has 1 N–H and O–H groups in total. The number of nitrogens with one attached hydrogen (secondary N) is 1. The van der Waals surface area contributed by atoms with Crippen LogP contribution in [0.1, 0.15) is 21.1 Å². The van der Waals surface area contributed by atoms with Gasteiger partial charge in [0.25, 0.3) is 5.91 Å². The predicted molar refractivity (Wildman–Crippen MR) is 98.9 cm³/mol. The number of rotatable bonds is 4. The number of anilines is 1. The fourth-order valence-corrected chi connectivity index (χ4v) is 3.16. The van der Waals surface area contributed by atoms with Gasteiger partial charge in [-0.2, -0.15) is 18.3 Å². The molecular formula is C18H12F3N5O2S. The maximum Gasteiger partial charge on any atom is 0.445 e. The highest BCUT2D eigenvalue weighted by atomic mass is 32.1. The van der Waals surface area contributed by atoms with Crippen LogP contribution >= 0.6 is 11.3 Å². The lowest BCUT2D eigenvalue weighted by molar-refractivity contribution is -0.138. The number of furan rings is 1. The summed E-state index contributed by atoms with van der Waals surface area (Å²) in [5.41, 5.74) is 1.07. The first-order chi connectivity index (χ1) is 13.8. The molecule has 1 aromatic carbocycles. The molecule has 7 nitrogen and oxygen atoms in total. The first kappa shape index (κ1) is 18.9. The number of amides is 1. The lowest BCUT2D eigenvalue weighted by Crippen LogP contribution is -2.12. The number of carbonyl (C=O) groups is 1. The minimum absolute atomic E-state index is 0.118. The Hall–Kier alpha value is -3.47. The minimum Gasteiger partial charge on any atom is -0.460 e. The molecule has 29 heavy (non-hydrogen) atoms. The Morgan fingerprint density at radius 2 is 1.90 bits per heavy atom. The largest absolute Gasteiger partial charge is 0.460 e. The van der Waals surface area contributed by atoms with E-state index in [0.717, 1.165) is 0 Å².